The predicted octanol–water partition coefficient (Wildman–Crippen LogP) is 4.27. The molecule has 102 valence electrons. The molecule has 1 aromatic carbocycles. The average Bonchev–Trinajstić information content (AvgIpc) is 2.86. The number of hydrogen-bond donors (Lipinski definition) is 1. The predicted molar refractivity (Wildman–Crippen MR) is 87.6 cm³/mol. The van der Waals surface area contributed by atoms with Crippen molar-refractivity contribution in [3.63, 3.8) is 0 Å². The van der Waals surface area contributed by atoms with Gasteiger partial charge in [0.05, 0.1) is 0 Å². The molecule has 0 saturated carbocycles. The van der Waals surface area contributed by atoms with E-state index >= 15 is 0 Å². The standard InChI is InChI=1S/C13H15Br2N3S/c1-2-6-16-7-5-12-17-18-13(19-12)10-8-9(14)3-4-11(10)15/h3-4,8,16H,2,5-7H2,1H3. The highest BCUT2D eigenvalue weighted by Gasteiger charge is 2.10. The van der Waals surface area contributed by atoms with Crippen molar-refractivity contribution in [2.75, 3.05) is 13.1 Å². The Kier molecular flexibility index (Phi) is 5.94. The highest BCUT2D eigenvalue weighted by molar-refractivity contribution is 9.11. The van der Waals surface area contributed by atoms with Crippen LogP contribution in [0.5, 0.6) is 0 Å². The summed E-state index contributed by atoms with van der Waals surface area (Å²) in [5.41, 5.74) is 1.08. The maximum Gasteiger partial charge on any atom is 0.148 e. The first-order valence-electron chi connectivity index (χ1n) is 6.19. The summed E-state index contributed by atoms with van der Waals surface area (Å²) in [6, 6.07) is 6.08. The smallest absolute Gasteiger partial charge is 0.148 e. The summed E-state index contributed by atoms with van der Waals surface area (Å²) in [6.45, 7) is 4.19. The van der Waals surface area contributed by atoms with Crippen molar-refractivity contribution in [2.45, 2.75) is 19.8 Å². The minimum Gasteiger partial charge on any atom is -0.316 e. The zero-order valence-electron chi connectivity index (χ0n) is 10.6. The first-order chi connectivity index (χ1) is 9.20. The largest absolute Gasteiger partial charge is 0.316 e. The molecule has 0 bridgehead atoms. The summed E-state index contributed by atoms with van der Waals surface area (Å²) < 4.78 is 2.09. The lowest BCUT2D eigenvalue weighted by molar-refractivity contribution is 0.668. The second-order valence-electron chi connectivity index (χ2n) is 4.13. The van der Waals surface area contributed by atoms with Crippen LogP contribution in [-0.2, 0) is 6.42 Å². The first kappa shape index (κ1) is 15.1. The molecular weight excluding hydrogens is 390 g/mol. The van der Waals surface area contributed by atoms with E-state index in [9.17, 15) is 0 Å². The van der Waals surface area contributed by atoms with Gasteiger partial charge in [0.2, 0.25) is 0 Å². The van der Waals surface area contributed by atoms with E-state index in [2.05, 4.69) is 60.4 Å². The lowest BCUT2D eigenvalue weighted by atomic mass is 10.2. The molecule has 0 aliphatic rings. The molecule has 1 aromatic heterocycles. The van der Waals surface area contributed by atoms with Crippen LogP contribution in [0.2, 0.25) is 0 Å². The number of hydrogen-bond acceptors (Lipinski definition) is 4. The fourth-order valence-electron chi connectivity index (χ4n) is 1.62. The van der Waals surface area contributed by atoms with Crippen LogP contribution in [0.1, 0.15) is 18.4 Å². The molecule has 0 saturated heterocycles. The van der Waals surface area contributed by atoms with Gasteiger partial charge in [0.25, 0.3) is 0 Å². The maximum atomic E-state index is 4.28. The molecule has 0 fully saturated rings. The summed E-state index contributed by atoms with van der Waals surface area (Å²) in [5, 5.41) is 13.9. The second-order valence-corrected chi connectivity index (χ2v) is 6.96. The summed E-state index contributed by atoms with van der Waals surface area (Å²) >= 11 is 8.69. The maximum absolute atomic E-state index is 4.28. The van der Waals surface area contributed by atoms with Gasteiger partial charge in [0.15, 0.2) is 0 Å². The van der Waals surface area contributed by atoms with Crippen molar-refractivity contribution in [3.05, 3.63) is 32.2 Å². The van der Waals surface area contributed by atoms with Crippen molar-refractivity contribution < 1.29 is 0 Å². The topological polar surface area (TPSA) is 37.8 Å². The Hall–Kier alpha value is -0.300. The zero-order chi connectivity index (χ0) is 13.7. The third-order valence-electron chi connectivity index (χ3n) is 2.57. The van der Waals surface area contributed by atoms with Crippen LogP contribution in [0.15, 0.2) is 27.1 Å². The van der Waals surface area contributed by atoms with E-state index in [0.29, 0.717) is 0 Å². The molecule has 1 heterocycles. The minimum atomic E-state index is 0.934. The number of aromatic nitrogens is 2. The van der Waals surface area contributed by atoms with E-state index < -0.39 is 0 Å². The van der Waals surface area contributed by atoms with Gasteiger partial charge in [-0.25, -0.2) is 0 Å². The van der Waals surface area contributed by atoms with E-state index in [1.807, 2.05) is 12.1 Å². The van der Waals surface area contributed by atoms with Gasteiger partial charge >= 0.3 is 0 Å². The van der Waals surface area contributed by atoms with Gasteiger partial charge in [-0.05, 0) is 31.2 Å². The SMILES string of the molecule is CCCNCCc1nnc(-c2cc(Br)ccc2Br)s1. The van der Waals surface area contributed by atoms with Crippen molar-refractivity contribution >= 4 is 43.2 Å². The molecule has 0 spiro atoms. The van der Waals surface area contributed by atoms with Gasteiger partial charge in [0.1, 0.15) is 10.0 Å². The molecule has 0 aliphatic heterocycles. The first-order valence-corrected chi connectivity index (χ1v) is 8.59. The number of halogens is 2. The van der Waals surface area contributed by atoms with E-state index in [1.165, 1.54) is 0 Å². The van der Waals surface area contributed by atoms with Crippen molar-refractivity contribution in [2.24, 2.45) is 0 Å². The van der Waals surface area contributed by atoms with Crippen LogP contribution in [0, 0.1) is 0 Å². The van der Waals surface area contributed by atoms with E-state index in [-0.39, 0.29) is 0 Å². The number of benzene rings is 1. The van der Waals surface area contributed by atoms with Gasteiger partial charge in [-0.15, -0.1) is 10.2 Å². The van der Waals surface area contributed by atoms with E-state index in [4.69, 9.17) is 0 Å². The van der Waals surface area contributed by atoms with Crippen LogP contribution in [-0.4, -0.2) is 23.3 Å². The van der Waals surface area contributed by atoms with Crippen LogP contribution >= 0.6 is 43.2 Å². The Morgan fingerprint density at radius 3 is 2.84 bits per heavy atom. The molecule has 3 nitrogen and oxygen atoms in total. The average molecular weight is 405 g/mol. The molecule has 0 unspecified atom stereocenters. The Morgan fingerprint density at radius 1 is 1.21 bits per heavy atom. The summed E-state index contributed by atoms with van der Waals surface area (Å²) in [7, 11) is 0. The highest BCUT2D eigenvalue weighted by atomic mass is 79.9. The van der Waals surface area contributed by atoms with Crippen molar-refractivity contribution in [3.8, 4) is 10.6 Å². The molecule has 6 heteroatoms. The van der Waals surface area contributed by atoms with E-state index in [1.54, 1.807) is 11.3 Å². The number of rotatable bonds is 6. The van der Waals surface area contributed by atoms with Gasteiger partial charge in [0, 0.05) is 27.5 Å². The number of nitrogens with zero attached hydrogens (tertiary/aromatic N) is 2. The zero-order valence-corrected chi connectivity index (χ0v) is 14.6. The quantitative estimate of drug-likeness (QED) is 0.730. The highest BCUT2D eigenvalue weighted by Crippen LogP contribution is 2.32. The lowest BCUT2D eigenvalue weighted by Crippen LogP contribution is -2.17. The van der Waals surface area contributed by atoms with Gasteiger partial charge in [-0.3, -0.25) is 0 Å². The van der Waals surface area contributed by atoms with Crippen LogP contribution in [0.25, 0.3) is 10.6 Å². The monoisotopic (exact) mass is 403 g/mol. The molecule has 1 N–H and O–H groups in total. The summed E-state index contributed by atoms with van der Waals surface area (Å²) in [6.07, 6.45) is 2.09. The molecule has 2 rings (SSSR count). The summed E-state index contributed by atoms with van der Waals surface area (Å²) in [5.74, 6) is 0. The molecule has 0 aliphatic carbocycles. The molecule has 0 atom stereocenters. The van der Waals surface area contributed by atoms with E-state index in [0.717, 1.165) is 50.5 Å². The Bertz CT molecular complexity index is 542. The van der Waals surface area contributed by atoms with Gasteiger partial charge in [-0.1, -0.05) is 50.1 Å². The molecular formula is C13H15Br2N3S. The van der Waals surface area contributed by atoms with Crippen molar-refractivity contribution in [1.29, 1.82) is 0 Å². The second kappa shape index (κ2) is 7.47. The normalized spacial score (nSPS) is 10.9. The lowest BCUT2D eigenvalue weighted by Gasteiger charge is -2.00. The summed E-state index contributed by atoms with van der Waals surface area (Å²) in [4.78, 5) is 0. The molecule has 0 radical (unpaired) electrons. The van der Waals surface area contributed by atoms with Gasteiger partial charge < -0.3 is 5.32 Å². The minimum absolute atomic E-state index is 0.934. The Labute approximate surface area is 134 Å². The Morgan fingerprint density at radius 2 is 2.05 bits per heavy atom. The third-order valence-corrected chi connectivity index (χ3v) is 4.77. The van der Waals surface area contributed by atoms with Crippen LogP contribution < -0.4 is 5.32 Å². The number of nitrogens with one attached hydrogen (secondary N) is 1. The third kappa shape index (κ3) is 4.34. The Balaban J connectivity index is 2.06. The molecule has 2 aromatic rings. The van der Waals surface area contributed by atoms with Crippen LogP contribution in [0.4, 0.5) is 0 Å². The van der Waals surface area contributed by atoms with Gasteiger partial charge in [-0.2, -0.15) is 0 Å². The fraction of sp³-hybridized carbons (Fsp3) is 0.385. The van der Waals surface area contributed by atoms with Crippen molar-refractivity contribution in [1.82, 2.24) is 15.5 Å². The molecule has 19 heavy (non-hydrogen) atoms. The fourth-order valence-corrected chi connectivity index (χ4v) is 3.42. The van der Waals surface area contributed by atoms with Crippen LogP contribution in [0.3, 0.4) is 0 Å². The molecule has 0 amide bonds.